The second-order valence-corrected chi connectivity index (χ2v) is 3.87. The van der Waals surface area contributed by atoms with Crippen molar-refractivity contribution in [3.05, 3.63) is 0 Å². The molecule has 1 aliphatic heterocycles. The third-order valence-electron chi connectivity index (χ3n) is 2.74. The maximum atomic E-state index is 11.1. The van der Waals surface area contributed by atoms with Crippen molar-refractivity contribution in [3.63, 3.8) is 0 Å². The lowest BCUT2D eigenvalue weighted by atomic mass is 10.3. The first-order valence-corrected chi connectivity index (χ1v) is 5.52. The molecule has 1 rings (SSSR count). The number of piperazine rings is 1. The van der Waals surface area contributed by atoms with E-state index >= 15 is 0 Å². The standard InChI is InChI=1S/C10H21N3O2/c1-11-10(15)9-13-6-4-12(5-7-13)3-2-8-14/h14H,2-9H2,1H3,(H,11,15). The number of rotatable bonds is 5. The molecule has 0 saturated carbocycles. The van der Waals surface area contributed by atoms with Crippen LogP contribution in [0, 0.1) is 0 Å². The van der Waals surface area contributed by atoms with E-state index in [-0.39, 0.29) is 12.5 Å². The molecule has 0 atom stereocenters. The molecular formula is C10H21N3O2. The third kappa shape index (κ3) is 4.59. The van der Waals surface area contributed by atoms with Crippen molar-refractivity contribution in [2.24, 2.45) is 0 Å². The molecule has 0 unspecified atom stereocenters. The molecule has 0 aromatic heterocycles. The van der Waals surface area contributed by atoms with Crippen molar-refractivity contribution < 1.29 is 9.90 Å². The molecule has 0 aromatic carbocycles. The van der Waals surface area contributed by atoms with E-state index in [0.29, 0.717) is 6.54 Å². The summed E-state index contributed by atoms with van der Waals surface area (Å²) in [5.41, 5.74) is 0. The van der Waals surface area contributed by atoms with Crippen LogP contribution in [-0.4, -0.2) is 73.7 Å². The fourth-order valence-corrected chi connectivity index (χ4v) is 1.75. The average molecular weight is 215 g/mol. The van der Waals surface area contributed by atoms with Gasteiger partial charge in [-0.1, -0.05) is 0 Å². The molecule has 0 spiro atoms. The van der Waals surface area contributed by atoms with Crippen molar-refractivity contribution in [1.29, 1.82) is 0 Å². The summed E-state index contributed by atoms with van der Waals surface area (Å²) >= 11 is 0. The number of nitrogens with zero attached hydrogens (tertiary/aromatic N) is 2. The minimum atomic E-state index is 0.0822. The Morgan fingerprint density at radius 2 is 1.87 bits per heavy atom. The van der Waals surface area contributed by atoms with Gasteiger partial charge in [-0.15, -0.1) is 0 Å². The highest BCUT2D eigenvalue weighted by molar-refractivity contribution is 5.77. The van der Waals surface area contributed by atoms with Gasteiger partial charge in [0.15, 0.2) is 0 Å². The van der Waals surface area contributed by atoms with Crippen molar-refractivity contribution in [1.82, 2.24) is 15.1 Å². The average Bonchev–Trinajstić information content (AvgIpc) is 2.28. The molecule has 88 valence electrons. The van der Waals surface area contributed by atoms with Gasteiger partial charge in [0.1, 0.15) is 0 Å². The molecule has 0 aromatic rings. The predicted molar refractivity (Wildman–Crippen MR) is 58.6 cm³/mol. The van der Waals surface area contributed by atoms with Gasteiger partial charge in [0.05, 0.1) is 6.54 Å². The van der Waals surface area contributed by atoms with Crippen molar-refractivity contribution in [3.8, 4) is 0 Å². The highest BCUT2D eigenvalue weighted by Crippen LogP contribution is 2.01. The molecule has 0 aliphatic carbocycles. The molecule has 5 heteroatoms. The molecule has 0 radical (unpaired) electrons. The number of aliphatic hydroxyl groups excluding tert-OH is 1. The van der Waals surface area contributed by atoms with E-state index in [2.05, 4.69) is 15.1 Å². The largest absolute Gasteiger partial charge is 0.396 e. The smallest absolute Gasteiger partial charge is 0.233 e. The van der Waals surface area contributed by atoms with Crippen LogP contribution in [0.5, 0.6) is 0 Å². The summed E-state index contributed by atoms with van der Waals surface area (Å²) in [7, 11) is 1.67. The van der Waals surface area contributed by atoms with Gasteiger partial charge >= 0.3 is 0 Å². The summed E-state index contributed by atoms with van der Waals surface area (Å²) in [6.07, 6.45) is 0.843. The Kier molecular flexibility index (Phi) is 5.60. The second kappa shape index (κ2) is 6.76. The first kappa shape index (κ1) is 12.4. The quantitative estimate of drug-likeness (QED) is 0.600. The number of nitrogens with one attached hydrogen (secondary N) is 1. The maximum Gasteiger partial charge on any atom is 0.233 e. The van der Waals surface area contributed by atoms with Crippen LogP contribution in [0.25, 0.3) is 0 Å². The zero-order chi connectivity index (χ0) is 11.1. The van der Waals surface area contributed by atoms with Gasteiger partial charge in [-0.05, 0) is 6.42 Å². The fourth-order valence-electron chi connectivity index (χ4n) is 1.75. The maximum absolute atomic E-state index is 11.1. The van der Waals surface area contributed by atoms with Crippen molar-refractivity contribution in [2.75, 3.05) is 52.9 Å². The molecule has 2 N–H and O–H groups in total. The van der Waals surface area contributed by atoms with Crippen LogP contribution in [0.1, 0.15) is 6.42 Å². The van der Waals surface area contributed by atoms with Crippen molar-refractivity contribution in [2.45, 2.75) is 6.42 Å². The molecule has 1 amide bonds. The highest BCUT2D eigenvalue weighted by Gasteiger charge is 2.17. The second-order valence-electron chi connectivity index (χ2n) is 3.87. The van der Waals surface area contributed by atoms with Gasteiger partial charge in [0.25, 0.3) is 0 Å². The number of carbonyl (C=O) groups excluding carboxylic acids is 1. The summed E-state index contributed by atoms with van der Waals surface area (Å²) in [4.78, 5) is 15.6. The lowest BCUT2D eigenvalue weighted by Crippen LogP contribution is -2.49. The van der Waals surface area contributed by atoms with Crippen LogP contribution < -0.4 is 5.32 Å². The molecule has 1 fully saturated rings. The van der Waals surface area contributed by atoms with E-state index < -0.39 is 0 Å². The molecular weight excluding hydrogens is 194 g/mol. The van der Waals surface area contributed by atoms with E-state index in [0.717, 1.165) is 39.1 Å². The lowest BCUT2D eigenvalue weighted by molar-refractivity contribution is -0.122. The topological polar surface area (TPSA) is 55.8 Å². The molecule has 15 heavy (non-hydrogen) atoms. The van der Waals surface area contributed by atoms with Gasteiger partial charge in [-0.25, -0.2) is 0 Å². The highest BCUT2D eigenvalue weighted by atomic mass is 16.3. The number of amides is 1. The van der Waals surface area contributed by atoms with E-state index in [9.17, 15) is 4.79 Å². The predicted octanol–water partition coefficient (Wildman–Crippen LogP) is -1.27. The SMILES string of the molecule is CNC(=O)CN1CCN(CCCO)CC1. The van der Waals surface area contributed by atoms with Crippen LogP contribution >= 0.6 is 0 Å². The first-order valence-electron chi connectivity index (χ1n) is 5.52. The van der Waals surface area contributed by atoms with Gasteiger partial charge in [0, 0.05) is 46.4 Å². The first-order chi connectivity index (χ1) is 7.26. The lowest BCUT2D eigenvalue weighted by Gasteiger charge is -2.34. The normalized spacial score (nSPS) is 19.1. The van der Waals surface area contributed by atoms with Crippen LogP contribution in [0.2, 0.25) is 0 Å². The van der Waals surface area contributed by atoms with E-state index in [1.165, 1.54) is 0 Å². The van der Waals surface area contributed by atoms with Crippen LogP contribution in [-0.2, 0) is 4.79 Å². The van der Waals surface area contributed by atoms with Crippen LogP contribution in [0.3, 0.4) is 0 Å². The summed E-state index contributed by atoms with van der Waals surface area (Å²) in [5, 5.41) is 11.3. The number of hydrogen-bond donors (Lipinski definition) is 2. The Balaban J connectivity index is 2.15. The zero-order valence-corrected chi connectivity index (χ0v) is 9.41. The summed E-state index contributed by atoms with van der Waals surface area (Å²) in [6, 6.07) is 0. The Morgan fingerprint density at radius 1 is 1.27 bits per heavy atom. The summed E-state index contributed by atoms with van der Waals surface area (Å²) in [6.45, 7) is 5.61. The molecule has 0 bridgehead atoms. The van der Waals surface area contributed by atoms with E-state index in [1.807, 2.05) is 0 Å². The minimum absolute atomic E-state index is 0.0822. The minimum Gasteiger partial charge on any atom is -0.396 e. The number of hydrogen-bond acceptors (Lipinski definition) is 4. The zero-order valence-electron chi connectivity index (χ0n) is 9.41. The molecule has 1 aliphatic rings. The van der Waals surface area contributed by atoms with Gasteiger partial charge in [-0.3, -0.25) is 9.69 Å². The Bertz CT molecular complexity index is 191. The Morgan fingerprint density at radius 3 is 2.40 bits per heavy atom. The Labute approximate surface area is 91.0 Å². The number of carbonyl (C=O) groups is 1. The third-order valence-corrected chi connectivity index (χ3v) is 2.74. The summed E-state index contributed by atoms with van der Waals surface area (Å²) < 4.78 is 0. The summed E-state index contributed by atoms with van der Waals surface area (Å²) in [5.74, 6) is 0.0822. The van der Waals surface area contributed by atoms with Crippen molar-refractivity contribution >= 4 is 5.91 Å². The van der Waals surface area contributed by atoms with Gasteiger partial charge in [0.2, 0.25) is 5.91 Å². The van der Waals surface area contributed by atoms with Gasteiger partial charge in [-0.2, -0.15) is 0 Å². The molecule has 1 heterocycles. The number of aliphatic hydroxyl groups is 1. The molecule has 5 nitrogen and oxygen atoms in total. The monoisotopic (exact) mass is 215 g/mol. The number of likely N-dealkylation sites (N-methyl/N-ethyl adjacent to an activating group) is 1. The Hall–Kier alpha value is -0.650. The van der Waals surface area contributed by atoms with Gasteiger partial charge < -0.3 is 15.3 Å². The fraction of sp³-hybridized carbons (Fsp3) is 0.900. The van der Waals surface area contributed by atoms with Crippen LogP contribution in [0.15, 0.2) is 0 Å². The van der Waals surface area contributed by atoms with E-state index in [1.54, 1.807) is 7.05 Å². The van der Waals surface area contributed by atoms with E-state index in [4.69, 9.17) is 5.11 Å². The van der Waals surface area contributed by atoms with Crippen LogP contribution in [0.4, 0.5) is 0 Å². The molecule has 1 saturated heterocycles.